The summed E-state index contributed by atoms with van der Waals surface area (Å²) < 4.78 is 9.80. The first-order valence-corrected chi connectivity index (χ1v) is 12.2. The van der Waals surface area contributed by atoms with Gasteiger partial charge in [-0.3, -0.25) is 4.79 Å². The average Bonchev–Trinajstić information content (AvgIpc) is 2.74. The summed E-state index contributed by atoms with van der Waals surface area (Å²) in [6.07, 6.45) is 17.2. The van der Waals surface area contributed by atoms with Crippen LogP contribution in [0.15, 0.2) is 0 Å². The highest BCUT2D eigenvalue weighted by Gasteiger charge is 2.20. The summed E-state index contributed by atoms with van der Waals surface area (Å²) in [5.41, 5.74) is 0. The Balaban J connectivity index is 3.41. The van der Waals surface area contributed by atoms with Gasteiger partial charge in [0.2, 0.25) is 0 Å². The van der Waals surface area contributed by atoms with E-state index in [0.29, 0.717) is 6.42 Å². The number of carbonyl (C=O) groups is 2. The van der Waals surface area contributed by atoms with Crippen LogP contribution in [0.2, 0.25) is 0 Å². The van der Waals surface area contributed by atoms with E-state index in [4.69, 9.17) is 19.7 Å². The lowest BCUT2D eigenvalue weighted by atomic mass is 10.0. The molecule has 0 aromatic carbocycles. The molecule has 0 heterocycles. The average molecular weight is 431 g/mol. The Labute approximate surface area is 183 Å². The molecule has 0 spiro atoms. The van der Waals surface area contributed by atoms with Crippen molar-refractivity contribution in [3.63, 3.8) is 0 Å². The van der Waals surface area contributed by atoms with Crippen molar-refractivity contribution in [2.45, 2.75) is 129 Å². The summed E-state index contributed by atoms with van der Waals surface area (Å²) in [6, 6.07) is 0. The standard InChI is InChI=1S/C24H46O6/c1-3-4-5-6-7-8-9-10-11-12-13-14-15-16-17-18-23(27)30-21(2)24(28)29-20-22(26)19-25/h21-22,25-26H,3-20H2,1-2H3. The maximum absolute atomic E-state index is 11.8. The van der Waals surface area contributed by atoms with Crippen LogP contribution >= 0.6 is 0 Å². The van der Waals surface area contributed by atoms with Crippen molar-refractivity contribution in [2.24, 2.45) is 0 Å². The van der Waals surface area contributed by atoms with Gasteiger partial charge in [0.1, 0.15) is 12.7 Å². The summed E-state index contributed by atoms with van der Waals surface area (Å²) in [4.78, 5) is 23.4. The first-order chi connectivity index (χ1) is 14.5. The van der Waals surface area contributed by atoms with Crippen LogP contribution in [-0.2, 0) is 19.1 Å². The topological polar surface area (TPSA) is 93.1 Å². The van der Waals surface area contributed by atoms with Gasteiger partial charge in [0.25, 0.3) is 0 Å². The molecule has 2 unspecified atom stereocenters. The fourth-order valence-corrected chi connectivity index (χ4v) is 3.29. The minimum Gasteiger partial charge on any atom is -0.460 e. The number of hydrogen-bond acceptors (Lipinski definition) is 6. The first-order valence-electron chi connectivity index (χ1n) is 12.2. The third-order valence-electron chi connectivity index (χ3n) is 5.25. The predicted molar refractivity (Wildman–Crippen MR) is 119 cm³/mol. The quantitative estimate of drug-likeness (QED) is 0.195. The maximum Gasteiger partial charge on any atom is 0.347 e. The lowest BCUT2D eigenvalue weighted by Crippen LogP contribution is -2.30. The van der Waals surface area contributed by atoms with Crippen molar-refractivity contribution in [2.75, 3.05) is 13.2 Å². The van der Waals surface area contributed by atoms with Gasteiger partial charge in [0.05, 0.1) is 6.61 Å². The fraction of sp³-hybridized carbons (Fsp3) is 0.917. The molecule has 0 aromatic heterocycles. The van der Waals surface area contributed by atoms with Crippen LogP contribution in [0, 0.1) is 0 Å². The van der Waals surface area contributed by atoms with Crippen LogP contribution in [0.25, 0.3) is 0 Å². The molecular formula is C24H46O6. The number of ether oxygens (including phenoxy) is 2. The van der Waals surface area contributed by atoms with Gasteiger partial charge in [0, 0.05) is 6.42 Å². The van der Waals surface area contributed by atoms with Gasteiger partial charge in [-0.05, 0) is 13.3 Å². The SMILES string of the molecule is CCCCCCCCCCCCCCCCCC(=O)OC(C)C(=O)OCC(O)CO. The Morgan fingerprint density at radius 3 is 1.63 bits per heavy atom. The molecule has 0 aliphatic rings. The number of unbranched alkanes of at least 4 members (excludes halogenated alkanes) is 14. The molecule has 2 atom stereocenters. The van der Waals surface area contributed by atoms with Gasteiger partial charge in [-0.2, -0.15) is 0 Å². The second-order valence-corrected chi connectivity index (χ2v) is 8.30. The molecule has 0 amide bonds. The van der Waals surface area contributed by atoms with Crippen molar-refractivity contribution < 1.29 is 29.3 Å². The third-order valence-corrected chi connectivity index (χ3v) is 5.25. The summed E-state index contributed by atoms with van der Waals surface area (Å²) in [6.45, 7) is 2.90. The smallest absolute Gasteiger partial charge is 0.347 e. The first kappa shape index (κ1) is 28.9. The summed E-state index contributed by atoms with van der Waals surface area (Å²) in [5, 5.41) is 17.8. The molecule has 0 aliphatic heterocycles. The van der Waals surface area contributed by atoms with E-state index in [1.165, 1.54) is 84.0 Å². The summed E-state index contributed by atoms with van der Waals surface area (Å²) >= 11 is 0. The maximum atomic E-state index is 11.8. The highest BCUT2D eigenvalue weighted by atomic mass is 16.6. The van der Waals surface area contributed by atoms with Gasteiger partial charge in [-0.1, -0.05) is 96.8 Å². The highest BCUT2D eigenvalue weighted by Crippen LogP contribution is 2.14. The number of rotatable bonds is 21. The van der Waals surface area contributed by atoms with E-state index in [9.17, 15) is 9.59 Å². The number of aliphatic hydroxyl groups excluding tert-OH is 2. The molecule has 0 radical (unpaired) electrons. The van der Waals surface area contributed by atoms with Gasteiger partial charge in [-0.15, -0.1) is 0 Å². The third kappa shape index (κ3) is 18.9. The molecule has 0 saturated carbocycles. The minimum atomic E-state index is -1.11. The fourth-order valence-electron chi connectivity index (χ4n) is 3.29. The molecule has 6 nitrogen and oxygen atoms in total. The summed E-state index contributed by atoms with van der Waals surface area (Å²) in [7, 11) is 0. The number of carbonyl (C=O) groups excluding carboxylic acids is 2. The molecule has 0 saturated heterocycles. The molecule has 178 valence electrons. The normalized spacial score (nSPS) is 13.1. The Kier molecular flexibility index (Phi) is 20.3. The molecule has 0 fully saturated rings. The van der Waals surface area contributed by atoms with E-state index in [2.05, 4.69) is 6.92 Å². The number of hydrogen-bond donors (Lipinski definition) is 2. The second-order valence-electron chi connectivity index (χ2n) is 8.30. The van der Waals surface area contributed by atoms with Gasteiger partial charge < -0.3 is 19.7 Å². The minimum absolute atomic E-state index is 0.301. The van der Waals surface area contributed by atoms with Gasteiger partial charge >= 0.3 is 11.9 Å². The Morgan fingerprint density at radius 2 is 1.20 bits per heavy atom. The van der Waals surface area contributed by atoms with Crippen molar-refractivity contribution in [3.05, 3.63) is 0 Å². The van der Waals surface area contributed by atoms with Crippen molar-refractivity contribution >= 4 is 11.9 Å². The molecule has 0 bridgehead atoms. The van der Waals surface area contributed by atoms with Gasteiger partial charge in [-0.25, -0.2) is 4.79 Å². The molecule has 0 aromatic rings. The van der Waals surface area contributed by atoms with E-state index in [-0.39, 0.29) is 6.61 Å². The highest BCUT2D eigenvalue weighted by molar-refractivity contribution is 5.78. The zero-order chi connectivity index (χ0) is 22.5. The van der Waals surface area contributed by atoms with Crippen LogP contribution in [0.4, 0.5) is 0 Å². The molecule has 30 heavy (non-hydrogen) atoms. The van der Waals surface area contributed by atoms with Crippen LogP contribution in [0.1, 0.15) is 117 Å². The monoisotopic (exact) mass is 430 g/mol. The van der Waals surface area contributed by atoms with Crippen molar-refractivity contribution in [1.82, 2.24) is 0 Å². The molecule has 0 rings (SSSR count). The molecular weight excluding hydrogens is 384 g/mol. The number of esters is 2. The second kappa shape index (κ2) is 21.1. The van der Waals surface area contributed by atoms with Crippen molar-refractivity contribution in [1.29, 1.82) is 0 Å². The Morgan fingerprint density at radius 1 is 0.767 bits per heavy atom. The van der Waals surface area contributed by atoms with E-state index in [1.807, 2.05) is 0 Å². The molecule has 6 heteroatoms. The zero-order valence-corrected chi connectivity index (χ0v) is 19.4. The lowest BCUT2D eigenvalue weighted by Gasteiger charge is -2.14. The molecule has 0 aliphatic carbocycles. The zero-order valence-electron chi connectivity index (χ0n) is 19.4. The largest absolute Gasteiger partial charge is 0.460 e. The van der Waals surface area contributed by atoms with Crippen LogP contribution in [-0.4, -0.2) is 47.6 Å². The summed E-state index contributed by atoms with van der Waals surface area (Å²) in [5.74, 6) is -1.12. The van der Waals surface area contributed by atoms with Crippen LogP contribution in [0.3, 0.4) is 0 Å². The van der Waals surface area contributed by atoms with E-state index in [0.717, 1.165) is 19.3 Å². The lowest BCUT2D eigenvalue weighted by molar-refractivity contribution is -0.168. The Hall–Kier alpha value is -1.14. The van der Waals surface area contributed by atoms with E-state index in [1.54, 1.807) is 0 Å². The predicted octanol–water partition coefficient (Wildman–Crippen LogP) is 5.08. The van der Waals surface area contributed by atoms with E-state index < -0.39 is 30.8 Å². The Bertz CT molecular complexity index is 413. The van der Waals surface area contributed by atoms with Crippen molar-refractivity contribution in [3.8, 4) is 0 Å². The van der Waals surface area contributed by atoms with Gasteiger partial charge in [0.15, 0.2) is 6.10 Å². The molecule has 2 N–H and O–H groups in total. The van der Waals surface area contributed by atoms with Crippen LogP contribution in [0.5, 0.6) is 0 Å². The van der Waals surface area contributed by atoms with E-state index >= 15 is 0 Å². The van der Waals surface area contributed by atoms with Crippen LogP contribution < -0.4 is 0 Å². The number of aliphatic hydroxyl groups is 2.